The van der Waals surface area contributed by atoms with E-state index < -0.39 is 17.5 Å². The molecule has 3 aromatic rings. The summed E-state index contributed by atoms with van der Waals surface area (Å²) >= 11 is 0. The molecule has 0 spiro atoms. The molecule has 21 heavy (non-hydrogen) atoms. The lowest BCUT2D eigenvalue weighted by Crippen LogP contribution is -2.05. The Hall–Kier alpha value is -2.90. The zero-order valence-corrected chi connectivity index (χ0v) is 10.5. The first-order valence-electron chi connectivity index (χ1n) is 5.86. The van der Waals surface area contributed by atoms with Gasteiger partial charge in [0.1, 0.15) is 11.5 Å². The van der Waals surface area contributed by atoms with Gasteiger partial charge in [0.05, 0.1) is 0 Å². The SMILES string of the molecule is Nc1ccc(F)cc1-c1nnnn1-c1cccc(F)c1F. The maximum Gasteiger partial charge on any atom is 0.189 e. The Morgan fingerprint density at radius 3 is 2.67 bits per heavy atom. The highest BCUT2D eigenvalue weighted by Crippen LogP contribution is 2.27. The van der Waals surface area contributed by atoms with E-state index in [1.807, 2.05) is 0 Å². The van der Waals surface area contributed by atoms with Crippen LogP contribution in [-0.4, -0.2) is 20.2 Å². The number of benzene rings is 2. The Balaban J connectivity index is 2.22. The lowest BCUT2D eigenvalue weighted by molar-refractivity contribution is 0.501. The molecule has 5 nitrogen and oxygen atoms in total. The summed E-state index contributed by atoms with van der Waals surface area (Å²) in [5.74, 6) is -2.69. The van der Waals surface area contributed by atoms with Crippen LogP contribution < -0.4 is 5.73 Å². The van der Waals surface area contributed by atoms with Gasteiger partial charge in [0.25, 0.3) is 0 Å². The highest BCUT2D eigenvalue weighted by atomic mass is 19.2. The fraction of sp³-hybridized carbons (Fsp3) is 0. The molecule has 0 saturated carbocycles. The summed E-state index contributed by atoms with van der Waals surface area (Å²) in [6, 6.07) is 7.22. The van der Waals surface area contributed by atoms with Crippen LogP contribution in [0.1, 0.15) is 0 Å². The van der Waals surface area contributed by atoms with E-state index in [0.717, 1.165) is 16.8 Å². The molecule has 0 saturated heterocycles. The van der Waals surface area contributed by atoms with E-state index >= 15 is 0 Å². The third kappa shape index (κ3) is 2.20. The first-order chi connectivity index (χ1) is 10.1. The van der Waals surface area contributed by atoms with E-state index in [1.165, 1.54) is 24.3 Å². The number of tetrazole rings is 1. The van der Waals surface area contributed by atoms with Crippen molar-refractivity contribution in [3.05, 3.63) is 53.8 Å². The molecule has 106 valence electrons. The molecule has 3 rings (SSSR count). The molecule has 0 bridgehead atoms. The minimum atomic E-state index is -1.11. The first kappa shape index (κ1) is 13.1. The Morgan fingerprint density at radius 2 is 1.86 bits per heavy atom. The third-order valence-electron chi connectivity index (χ3n) is 2.89. The van der Waals surface area contributed by atoms with Gasteiger partial charge in [-0.05, 0) is 40.8 Å². The average Bonchev–Trinajstić information content (AvgIpc) is 2.93. The van der Waals surface area contributed by atoms with Crippen molar-refractivity contribution in [1.82, 2.24) is 20.2 Å². The number of nitrogens with zero attached hydrogens (tertiary/aromatic N) is 4. The summed E-state index contributed by atoms with van der Waals surface area (Å²) in [5.41, 5.74) is 5.95. The summed E-state index contributed by atoms with van der Waals surface area (Å²) in [6.07, 6.45) is 0. The van der Waals surface area contributed by atoms with Crippen molar-refractivity contribution in [3.8, 4) is 17.1 Å². The normalized spacial score (nSPS) is 10.8. The Morgan fingerprint density at radius 1 is 1.05 bits per heavy atom. The largest absolute Gasteiger partial charge is 0.398 e. The summed E-state index contributed by atoms with van der Waals surface area (Å²) in [7, 11) is 0. The second-order valence-electron chi connectivity index (χ2n) is 4.22. The molecule has 0 aliphatic heterocycles. The minimum absolute atomic E-state index is 0.0106. The maximum absolute atomic E-state index is 13.8. The van der Waals surface area contributed by atoms with Gasteiger partial charge in [-0.1, -0.05) is 6.07 Å². The van der Waals surface area contributed by atoms with Gasteiger partial charge in [0.2, 0.25) is 0 Å². The molecular weight excluding hydrogens is 283 g/mol. The van der Waals surface area contributed by atoms with Crippen LogP contribution in [0, 0.1) is 17.5 Å². The number of hydrogen-bond donors (Lipinski definition) is 1. The molecule has 8 heteroatoms. The molecular formula is C13H8F3N5. The molecule has 1 aromatic heterocycles. The molecule has 0 aliphatic carbocycles. The van der Waals surface area contributed by atoms with E-state index in [-0.39, 0.29) is 22.8 Å². The highest BCUT2D eigenvalue weighted by Gasteiger charge is 2.18. The zero-order valence-electron chi connectivity index (χ0n) is 10.5. The van der Waals surface area contributed by atoms with Gasteiger partial charge in [-0.25, -0.2) is 13.2 Å². The number of nitrogen functional groups attached to an aromatic ring is 1. The molecule has 0 aliphatic rings. The van der Waals surface area contributed by atoms with Gasteiger partial charge in [-0.3, -0.25) is 0 Å². The lowest BCUT2D eigenvalue weighted by atomic mass is 10.1. The fourth-order valence-electron chi connectivity index (χ4n) is 1.90. The van der Waals surface area contributed by atoms with Crippen LogP contribution in [0.5, 0.6) is 0 Å². The van der Waals surface area contributed by atoms with E-state index in [2.05, 4.69) is 15.5 Å². The topological polar surface area (TPSA) is 69.6 Å². The predicted molar refractivity (Wildman–Crippen MR) is 68.9 cm³/mol. The standard InChI is InChI=1S/C13H8F3N5/c14-7-4-5-10(17)8(6-7)13-18-19-20-21(13)11-3-1-2-9(15)12(11)16/h1-6H,17H2. The number of nitrogens with two attached hydrogens (primary N) is 1. The maximum atomic E-state index is 13.8. The number of hydrogen-bond acceptors (Lipinski definition) is 4. The van der Waals surface area contributed by atoms with Crippen molar-refractivity contribution in [2.75, 3.05) is 5.73 Å². The second-order valence-corrected chi connectivity index (χ2v) is 4.22. The van der Waals surface area contributed by atoms with Crippen LogP contribution in [0.15, 0.2) is 36.4 Å². The van der Waals surface area contributed by atoms with Crippen LogP contribution >= 0.6 is 0 Å². The van der Waals surface area contributed by atoms with Crippen molar-refractivity contribution >= 4 is 5.69 Å². The van der Waals surface area contributed by atoms with Crippen LogP contribution in [-0.2, 0) is 0 Å². The summed E-state index contributed by atoms with van der Waals surface area (Å²) in [6.45, 7) is 0. The van der Waals surface area contributed by atoms with Crippen LogP contribution in [0.4, 0.5) is 18.9 Å². The smallest absolute Gasteiger partial charge is 0.189 e. The third-order valence-corrected chi connectivity index (χ3v) is 2.89. The van der Waals surface area contributed by atoms with Crippen LogP contribution in [0.3, 0.4) is 0 Å². The number of halogens is 3. The van der Waals surface area contributed by atoms with Gasteiger partial charge >= 0.3 is 0 Å². The van der Waals surface area contributed by atoms with Gasteiger partial charge in [-0.2, -0.15) is 4.68 Å². The Bertz CT molecular complexity index is 799. The first-order valence-corrected chi connectivity index (χ1v) is 5.86. The highest BCUT2D eigenvalue weighted by molar-refractivity contribution is 5.72. The van der Waals surface area contributed by atoms with Crippen molar-refractivity contribution in [2.45, 2.75) is 0 Å². The van der Waals surface area contributed by atoms with Crippen molar-refractivity contribution in [3.63, 3.8) is 0 Å². The predicted octanol–water partition coefficient (Wildman–Crippen LogP) is 2.33. The van der Waals surface area contributed by atoms with E-state index in [0.29, 0.717) is 0 Å². The molecule has 0 radical (unpaired) electrons. The molecule has 0 fully saturated rings. The van der Waals surface area contributed by atoms with E-state index in [4.69, 9.17) is 5.73 Å². The van der Waals surface area contributed by atoms with E-state index in [1.54, 1.807) is 0 Å². The summed E-state index contributed by atoms with van der Waals surface area (Å²) in [5, 5.41) is 10.7. The Labute approximate surface area is 116 Å². The molecule has 0 unspecified atom stereocenters. The van der Waals surface area contributed by atoms with Gasteiger partial charge in [0, 0.05) is 11.3 Å². The Kier molecular flexibility index (Phi) is 3.05. The molecule has 2 aromatic carbocycles. The molecule has 2 N–H and O–H groups in total. The van der Waals surface area contributed by atoms with Crippen molar-refractivity contribution in [2.24, 2.45) is 0 Å². The number of aromatic nitrogens is 4. The molecule has 0 atom stereocenters. The van der Waals surface area contributed by atoms with E-state index in [9.17, 15) is 13.2 Å². The van der Waals surface area contributed by atoms with Crippen molar-refractivity contribution in [1.29, 1.82) is 0 Å². The average molecular weight is 291 g/mol. The zero-order chi connectivity index (χ0) is 15.0. The number of rotatable bonds is 2. The number of anilines is 1. The quantitative estimate of drug-likeness (QED) is 0.736. The minimum Gasteiger partial charge on any atom is -0.398 e. The van der Waals surface area contributed by atoms with Crippen LogP contribution in [0.2, 0.25) is 0 Å². The fourth-order valence-corrected chi connectivity index (χ4v) is 1.90. The summed E-state index contributed by atoms with van der Waals surface area (Å²) in [4.78, 5) is 0. The second kappa shape index (κ2) is 4.89. The van der Waals surface area contributed by atoms with Crippen molar-refractivity contribution < 1.29 is 13.2 Å². The monoisotopic (exact) mass is 291 g/mol. The van der Waals surface area contributed by atoms with Crippen LogP contribution in [0.25, 0.3) is 17.1 Å². The molecule has 1 heterocycles. The van der Waals surface area contributed by atoms with Gasteiger partial charge in [-0.15, -0.1) is 5.10 Å². The van der Waals surface area contributed by atoms with Gasteiger partial charge < -0.3 is 5.73 Å². The molecule has 0 amide bonds. The van der Waals surface area contributed by atoms with Gasteiger partial charge in [0.15, 0.2) is 17.5 Å². The summed E-state index contributed by atoms with van der Waals surface area (Å²) < 4.78 is 41.5. The lowest BCUT2D eigenvalue weighted by Gasteiger charge is -2.08.